The average molecular weight is 261 g/mol. The van der Waals surface area contributed by atoms with Crippen LogP contribution in [0.2, 0.25) is 0 Å². The molecule has 0 radical (unpaired) electrons. The van der Waals surface area contributed by atoms with Gasteiger partial charge in [-0.1, -0.05) is 25.0 Å². The molecule has 3 aliphatic rings. The van der Waals surface area contributed by atoms with Gasteiger partial charge >= 0.3 is 0 Å². The van der Waals surface area contributed by atoms with Crippen molar-refractivity contribution in [2.45, 2.75) is 43.2 Å². The highest BCUT2D eigenvalue weighted by molar-refractivity contribution is 7.93. The predicted molar refractivity (Wildman–Crippen MR) is 65.1 cm³/mol. The van der Waals surface area contributed by atoms with Crippen LogP contribution in [0, 0.1) is 10.8 Å². The van der Waals surface area contributed by atoms with Gasteiger partial charge in [0.05, 0.1) is 5.75 Å². The lowest BCUT2D eigenvalue weighted by Gasteiger charge is -2.51. The van der Waals surface area contributed by atoms with Crippen molar-refractivity contribution in [3.8, 4) is 0 Å². The number of hydrogen-bond donors (Lipinski definition) is 0. The van der Waals surface area contributed by atoms with Crippen LogP contribution in [0.5, 0.6) is 0 Å². The lowest BCUT2D eigenvalue weighted by Crippen LogP contribution is -2.46. The van der Waals surface area contributed by atoms with Gasteiger partial charge in [-0.3, -0.25) is 0 Å². The fourth-order valence-corrected chi connectivity index (χ4v) is 7.40. The van der Waals surface area contributed by atoms with Crippen LogP contribution in [0.25, 0.3) is 0 Å². The Morgan fingerprint density at radius 1 is 1.12 bits per heavy atom. The van der Waals surface area contributed by atoms with Crippen molar-refractivity contribution in [1.29, 1.82) is 0 Å². The Hall–Kier alpha value is -0.0200. The van der Waals surface area contributed by atoms with Crippen LogP contribution >= 0.6 is 11.6 Å². The molecule has 2 nitrogen and oxygen atoms in total. The molecule has 3 rings (SSSR count). The smallest absolute Gasteiger partial charge is 0.168 e. The summed E-state index contributed by atoms with van der Waals surface area (Å²) in [7, 11) is -3.08. The second-order valence-corrected chi connectivity index (χ2v) is 8.43. The first-order valence-electron chi connectivity index (χ1n) is 6.03. The molecule has 2 fully saturated rings. The Kier molecular flexibility index (Phi) is 2.26. The number of hydrogen-bond acceptors (Lipinski definition) is 2. The van der Waals surface area contributed by atoms with Crippen molar-refractivity contribution in [2.24, 2.45) is 10.8 Å². The molecule has 1 saturated heterocycles. The minimum absolute atomic E-state index is 0.0365. The molecule has 0 spiro atoms. The number of rotatable bonds is 0. The molecule has 0 aromatic heterocycles. The first-order chi connectivity index (χ1) is 7.53. The molecule has 16 heavy (non-hydrogen) atoms. The molecule has 0 N–H and O–H groups in total. The highest BCUT2D eigenvalue weighted by atomic mass is 35.5. The summed E-state index contributed by atoms with van der Waals surface area (Å²) in [5.41, 5.74) is -0.189. The molecule has 1 aliphatic heterocycles. The molecule has 90 valence electrons. The Balaban J connectivity index is 2.17. The zero-order valence-electron chi connectivity index (χ0n) is 9.28. The van der Waals surface area contributed by atoms with Crippen LogP contribution in [-0.4, -0.2) is 18.9 Å². The molecule has 0 aromatic rings. The van der Waals surface area contributed by atoms with E-state index in [0.717, 1.165) is 38.5 Å². The van der Waals surface area contributed by atoms with Crippen molar-refractivity contribution in [1.82, 2.24) is 0 Å². The summed E-state index contributed by atoms with van der Waals surface area (Å²) in [4.78, 5) is 0. The molecular weight excluding hydrogens is 244 g/mol. The van der Waals surface area contributed by atoms with E-state index in [9.17, 15) is 8.42 Å². The summed E-state index contributed by atoms with van der Waals surface area (Å²) < 4.78 is 23.6. The second-order valence-electron chi connectivity index (χ2n) is 5.65. The third kappa shape index (κ3) is 1.16. The number of alkyl halides is 1. The molecule has 1 saturated carbocycles. The first kappa shape index (κ1) is 11.1. The van der Waals surface area contributed by atoms with Crippen molar-refractivity contribution in [3.05, 3.63) is 12.2 Å². The topological polar surface area (TPSA) is 34.1 Å². The van der Waals surface area contributed by atoms with Gasteiger partial charge in [0.1, 0.15) is 4.71 Å². The van der Waals surface area contributed by atoms with Gasteiger partial charge in [0, 0.05) is 5.41 Å². The van der Waals surface area contributed by atoms with Crippen molar-refractivity contribution in [2.75, 3.05) is 5.75 Å². The Morgan fingerprint density at radius 3 is 2.56 bits per heavy atom. The van der Waals surface area contributed by atoms with Gasteiger partial charge in [0.15, 0.2) is 9.84 Å². The fraction of sp³-hybridized carbons (Fsp3) is 0.833. The molecule has 0 unspecified atom stereocenters. The third-order valence-electron chi connectivity index (χ3n) is 4.97. The zero-order chi connectivity index (χ0) is 11.4. The lowest BCUT2D eigenvalue weighted by molar-refractivity contribution is 0.0265. The van der Waals surface area contributed by atoms with Crippen LogP contribution in [0.1, 0.15) is 38.5 Å². The Labute approximate surface area is 102 Å². The maximum Gasteiger partial charge on any atom is 0.168 e. The molecule has 4 heteroatoms. The summed E-state index contributed by atoms with van der Waals surface area (Å²) >= 11 is 6.31. The minimum atomic E-state index is -3.08. The molecule has 0 bridgehead atoms. The SMILES string of the molecule is O=S1(=O)C[C@]23CC=CC[C@]2(CCCC3)[C@@H]1Cl. The summed E-state index contributed by atoms with van der Waals surface area (Å²) in [6.07, 6.45) is 10.4. The van der Waals surface area contributed by atoms with E-state index < -0.39 is 14.5 Å². The summed E-state index contributed by atoms with van der Waals surface area (Å²) in [5.74, 6) is 0.318. The minimum Gasteiger partial charge on any atom is -0.227 e. The van der Waals surface area contributed by atoms with Crippen molar-refractivity contribution >= 4 is 21.4 Å². The number of halogens is 1. The highest BCUT2D eigenvalue weighted by Crippen LogP contribution is 2.66. The van der Waals surface area contributed by atoms with E-state index in [1.165, 1.54) is 0 Å². The molecular formula is C12H17ClO2S. The number of allylic oxidation sites excluding steroid dienone is 2. The average Bonchev–Trinajstić information content (AvgIpc) is 2.45. The molecule has 3 atom stereocenters. The standard InChI is InChI=1S/C12H17ClO2S/c13-10-12-7-3-1-5-11(12,6-2-4-8-12)9-16(10,14)15/h1,3,10H,2,4-9H2/t10-,11-,12+/m1/s1. The van der Waals surface area contributed by atoms with Gasteiger partial charge in [-0.2, -0.15) is 0 Å². The Bertz CT molecular complexity index is 442. The maximum atomic E-state index is 12.1. The lowest BCUT2D eigenvalue weighted by atomic mass is 9.53. The Morgan fingerprint density at radius 2 is 1.81 bits per heavy atom. The van der Waals surface area contributed by atoms with Gasteiger partial charge < -0.3 is 0 Å². The fourth-order valence-electron chi connectivity index (χ4n) is 4.17. The summed E-state index contributed by atoms with van der Waals surface area (Å²) in [6.45, 7) is 0. The van der Waals surface area contributed by atoms with Crippen molar-refractivity contribution < 1.29 is 8.42 Å². The van der Waals surface area contributed by atoms with Crippen LogP contribution in [0.4, 0.5) is 0 Å². The molecule has 1 heterocycles. The largest absolute Gasteiger partial charge is 0.227 e. The maximum absolute atomic E-state index is 12.1. The third-order valence-corrected chi connectivity index (χ3v) is 8.24. The quantitative estimate of drug-likeness (QED) is 0.496. The van der Waals surface area contributed by atoms with Crippen LogP contribution in [0.3, 0.4) is 0 Å². The molecule has 2 aliphatic carbocycles. The normalized spacial score (nSPS) is 49.7. The summed E-state index contributed by atoms with van der Waals surface area (Å²) in [5, 5.41) is 0. The molecule has 0 aromatic carbocycles. The van der Waals surface area contributed by atoms with E-state index in [1.807, 2.05) is 0 Å². The van der Waals surface area contributed by atoms with E-state index in [-0.39, 0.29) is 10.8 Å². The monoisotopic (exact) mass is 260 g/mol. The van der Waals surface area contributed by atoms with E-state index in [4.69, 9.17) is 11.6 Å². The van der Waals surface area contributed by atoms with Crippen molar-refractivity contribution in [3.63, 3.8) is 0 Å². The second kappa shape index (κ2) is 3.26. The van der Waals surface area contributed by atoms with E-state index in [0.29, 0.717) is 5.75 Å². The first-order valence-corrected chi connectivity index (χ1v) is 8.18. The predicted octanol–water partition coefficient (Wildman–Crippen LogP) is 2.88. The van der Waals surface area contributed by atoms with Crippen LogP contribution in [0.15, 0.2) is 12.2 Å². The van der Waals surface area contributed by atoms with E-state index in [2.05, 4.69) is 12.2 Å². The van der Waals surface area contributed by atoms with Gasteiger partial charge in [-0.15, -0.1) is 11.6 Å². The van der Waals surface area contributed by atoms with Gasteiger partial charge in [-0.25, -0.2) is 8.42 Å². The molecule has 0 amide bonds. The van der Waals surface area contributed by atoms with Crippen LogP contribution in [-0.2, 0) is 9.84 Å². The van der Waals surface area contributed by atoms with Gasteiger partial charge in [0.25, 0.3) is 0 Å². The van der Waals surface area contributed by atoms with Crippen LogP contribution < -0.4 is 0 Å². The van der Waals surface area contributed by atoms with Gasteiger partial charge in [0.2, 0.25) is 0 Å². The van der Waals surface area contributed by atoms with E-state index in [1.54, 1.807) is 0 Å². The summed E-state index contributed by atoms with van der Waals surface area (Å²) in [6, 6.07) is 0. The van der Waals surface area contributed by atoms with Gasteiger partial charge in [-0.05, 0) is 31.1 Å². The highest BCUT2D eigenvalue weighted by Gasteiger charge is 2.66. The van der Waals surface area contributed by atoms with E-state index >= 15 is 0 Å². The zero-order valence-corrected chi connectivity index (χ0v) is 10.9. The number of sulfone groups is 1.